The summed E-state index contributed by atoms with van der Waals surface area (Å²) < 4.78 is 5.63. The summed E-state index contributed by atoms with van der Waals surface area (Å²) in [6.07, 6.45) is 3.83. The maximum atomic E-state index is 12.2. The van der Waals surface area contributed by atoms with Crippen molar-refractivity contribution in [1.29, 1.82) is 0 Å². The molecule has 1 aromatic rings. The number of hydrogen-bond donors (Lipinski definition) is 1. The fourth-order valence-corrected chi connectivity index (χ4v) is 3.39. The highest BCUT2D eigenvalue weighted by Gasteiger charge is 2.30. The number of benzene rings is 1. The molecule has 1 aromatic carbocycles. The molecule has 1 aliphatic rings. The molecule has 1 fully saturated rings. The molecule has 3 heteroatoms. The fourth-order valence-electron chi connectivity index (χ4n) is 3.39. The molecule has 2 rings (SSSR count). The molecule has 0 aliphatic carbocycles. The Hall–Kier alpha value is -1.35. The first kappa shape index (κ1) is 16.0. The molecule has 0 amide bonds. The Morgan fingerprint density at radius 2 is 2.00 bits per heavy atom. The monoisotopic (exact) mass is 290 g/mol. The van der Waals surface area contributed by atoms with Crippen molar-refractivity contribution in [2.24, 2.45) is 0 Å². The van der Waals surface area contributed by atoms with Crippen LogP contribution in [0.2, 0.25) is 0 Å². The average molecular weight is 290 g/mol. The molecule has 116 valence electrons. The molecular weight excluding hydrogens is 262 g/mol. The van der Waals surface area contributed by atoms with Crippen LogP contribution >= 0.6 is 0 Å². The highest BCUT2D eigenvalue weighted by molar-refractivity contribution is 5.89. The summed E-state index contributed by atoms with van der Waals surface area (Å²) >= 11 is 0. The Bertz CT molecular complexity index is 476. The van der Waals surface area contributed by atoms with E-state index in [1.807, 2.05) is 38.1 Å². The zero-order chi connectivity index (χ0) is 15.4. The Morgan fingerprint density at radius 3 is 2.62 bits per heavy atom. The zero-order valence-electron chi connectivity index (χ0n) is 13.7. The van der Waals surface area contributed by atoms with E-state index in [0.717, 1.165) is 12.1 Å². The van der Waals surface area contributed by atoms with Gasteiger partial charge in [-0.15, -0.1) is 0 Å². The van der Waals surface area contributed by atoms with E-state index in [0.29, 0.717) is 17.6 Å². The summed E-state index contributed by atoms with van der Waals surface area (Å²) in [5.74, 6) is -0.206. The lowest BCUT2D eigenvalue weighted by Gasteiger charge is -2.37. The van der Waals surface area contributed by atoms with Gasteiger partial charge in [0.15, 0.2) is 0 Å². The second-order valence-corrected chi connectivity index (χ2v) is 6.60. The number of likely N-dealkylation sites (tertiary alicyclic amines) is 1. The Balaban J connectivity index is 1.92. The lowest BCUT2D eigenvalue weighted by atomic mass is 9.97. The maximum Gasteiger partial charge on any atom is 0.338 e. The van der Waals surface area contributed by atoms with Gasteiger partial charge in [-0.1, -0.05) is 17.7 Å². The number of rotatable bonds is 4. The average Bonchev–Trinajstić information content (AvgIpc) is 2.43. The van der Waals surface area contributed by atoms with Crippen LogP contribution in [0.25, 0.3) is 0 Å². The predicted octanol–water partition coefficient (Wildman–Crippen LogP) is 2.39. The van der Waals surface area contributed by atoms with E-state index >= 15 is 0 Å². The first-order valence-electron chi connectivity index (χ1n) is 8.10. The van der Waals surface area contributed by atoms with Gasteiger partial charge in [-0.3, -0.25) is 0 Å². The molecule has 0 bridgehead atoms. The summed E-state index contributed by atoms with van der Waals surface area (Å²) in [6, 6.07) is 8.91. The zero-order valence-corrected chi connectivity index (χ0v) is 13.7. The number of ether oxygens (including phenoxy) is 1. The third-order valence-electron chi connectivity index (χ3n) is 4.63. The van der Waals surface area contributed by atoms with Crippen LogP contribution < -0.4 is 4.90 Å². The van der Waals surface area contributed by atoms with Crippen LogP contribution in [0.15, 0.2) is 24.3 Å². The van der Waals surface area contributed by atoms with Gasteiger partial charge in [-0.25, -0.2) is 4.79 Å². The first-order chi connectivity index (χ1) is 9.97. The van der Waals surface area contributed by atoms with Crippen molar-refractivity contribution in [2.75, 3.05) is 6.54 Å². The van der Waals surface area contributed by atoms with Gasteiger partial charge in [-0.05, 0) is 59.1 Å². The van der Waals surface area contributed by atoms with E-state index in [-0.39, 0.29) is 12.1 Å². The van der Waals surface area contributed by atoms with Gasteiger partial charge in [-0.2, -0.15) is 0 Å². The molecule has 4 atom stereocenters. The largest absolute Gasteiger partial charge is 0.453 e. The van der Waals surface area contributed by atoms with Crippen LogP contribution in [-0.2, 0) is 4.74 Å². The number of piperidine rings is 1. The number of nitrogens with one attached hydrogen (secondary N) is 1. The van der Waals surface area contributed by atoms with Crippen LogP contribution in [0.1, 0.15) is 56.0 Å². The van der Waals surface area contributed by atoms with Crippen LogP contribution in [0, 0.1) is 6.92 Å². The van der Waals surface area contributed by atoms with Crippen LogP contribution in [0.5, 0.6) is 0 Å². The van der Waals surface area contributed by atoms with Crippen molar-refractivity contribution >= 4 is 5.97 Å². The minimum Gasteiger partial charge on any atom is -0.453 e. The topological polar surface area (TPSA) is 30.7 Å². The van der Waals surface area contributed by atoms with Gasteiger partial charge in [0.1, 0.15) is 12.6 Å². The van der Waals surface area contributed by atoms with Crippen LogP contribution in [0.3, 0.4) is 0 Å². The molecule has 3 nitrogen and oxygen atoms in total. The van der Waals surface area contributed by atoms with E-state index in [1.165, 1.54) is 19.3 Å². The molecule has 0 spiro atoms. The second-order valence-electron chi connectivity index (χ2n) is 6.60. The third kappa shape index (κ3) is 4.31. The minimum atomic E-state index is -0.206. The summed E-state index contributed by atoms with van der Waals surface area (Å²) in [6.45, 7) is 9.51. The van der Waals surface area contributed by atoms with Crippen molar-refractivity contribution < 1.29 is 14.4 Å². The lowest BCUT2D eigenvalue weighted by molar-refractivity contribution is -0.953. The summed E-state index contributed by atoms with van der Waals surface area (Å²) in [4.78, 5) is 13.8. The highest BCUT2D eigenvalue weighted by Crippen LogP contribution is 2.09. The summed E-state index contributed by atoms with van der Waals surface area (Å²) in [5, 5.41) is 0. The third-order valence-corrected chi connectivity index (χ3v) is 4.63. The van der Waals surface area contributed by atoms with E-state index in [1.54, 1.807) is 4.90 Å². The van der Waals surface area contributed by atoms with E-state index in [2.05, 4.69) is 13.8 Å². The molecule has 0 aromatic heterocycles. The Kier molecular flexibility index (Phi) is 5.40. The number of esters is 1. The lowest BCUT2D eigenvalue weighted by Crippen LogP contribution is -3.20. The molecule has 1 unspecified atom stereocenters. The molecule has 1 N–H and O–H groups in total. The van der Waals surface area contributed by atoms with Gasteiger partial charge in [0.2, 0.25) is 0 Å². The van der Waals surface area contributed by atoms with Gasteiger partial charge in [0.05, 0.1) is 17.6 Å². The standard InChI is InChI=1S/C18H27NO2/c1-13-7-5-10-17(11-13)18(20)21-16(4)12-19-14(2)8-6-9-15(19)3/h5,7,10-11,14-16H,6,8-9,12H2,1-4H3/p+1/t14-,15+,16-/m1/s1. The van der Waals surface area contributed by atoms with E-state index < -0.39 is 0 Å². The number of carbonyl (C=O) groups is 1. The van der Waals surface area contributed by atoms with Crippen molar-refractivity contribution in [2.45, 2.75) is 65.1 Å². The molecule has 1 aliphatic heterocycles. The normalized spacial score (nSPS) is 27.1. The highest BCUT2D eigenvalue weighted by atomic mass is 16.5. The van der Waals surface area contributed by atoms with Crippen LogP contribution in [-0.4, -0.2) is 30.7 Å². The van der Waals surface area contributed by atoms with Crippen molar-refractivity contribution in [1.82, 2.24) is 0 Å². The quantitative estimate of drug-likeness (QED) is 0.863. The van der Waals surface area contributed by atoms with Crippen LogP contribution in [0.4, 0.5) is 0 Å². The van der Waals surface area contributed by atoms with Crippen molar-refractivity contribution in [3.8, 4) is 0 Å². The van der Waals surface area contributed by atoms with Crippen molar-refractivity contribution in [3.63, 3.8) is 0 Å². The van der Waals surface area contributed by atoms with E-state index in [9.17, 15) is 4.79 Å². The predicted molar refractivity (Wildman–Crippen MR) is 84.7 cm³/mol. The van der Waals surface area contributed by atoms with Gasteiger partial charge < -0.3 is 9.64 Å². The molecular formula is C18H28NO2+. The number of carbonyl (C=O) groups excluding carboxylic acids is 1. The number of quaternary nitrogens is 1. The minimum absolute atomic E-state index is 0.0454. The Labute approximate surface area is 128 Å². The SMILES string of the molecule is Cc1cccc(C(=O)O[C@H](C)C[NH+]2[C@H](C)CCC[C@@H]2C)c1. The van der Waals surface area contributed by atoms with Gasteiger partial charge >= 0.3 is 5.97 Å². The molecule has 1 heterocycles. The maximum absolute atomic E-state index is 12.2. The molecule has 21 heavy (non-hydrogen) atoms. The first-order valence-corrected chi connectivity index (χ1v) is 8.10. The van der Waals surface area contributed by atoms with Gasteiger partial charge in [0, 0.05) is 0 Å². The molecule has 1 saturated heterocycles. The smallest absolute Gasteiger partial charge is 0.338 e. The van der Waals surface area contributed by atoms with Crippen molar-refractivity contribution in [3.05, 3.63) is 35.4 Å². The van der Waals surface area contributed by atoms with Gasteiger partial charge in [0.25, 0.3) is 0 Å². The fraction of sp³-hybridized carbons (Fsp3) is 0.611. The summed E-state index contributed by atoms with van der Waals surface area (Å²) in [7, 11) is 0. The molecule has 0 saturated carbocycles. The second kappa shape index (κ2) is 7.08. The number of hydrogen-bond acceptors (Lipinski definition) is 2. The summed E-state index contributed by atoms with van der Waals surface area (Å²) in [5.41, 5.74) is 1.73. The Morgan fingerprint density at radius 1 is 1.33 bits per heavy atom. The number of aryl methyl sites for hydroxylation is 1. The molecule has 0 radical (unpaired) electrons. The van der Waals surface area contributed by atoms with E-state index in [4.69, 9.17) is 4.74 Å².